The molecule has 5 N–H and O–H groups in total. The van der Waals surface area contributed by atoms with Crippen LogP contribution in [0.3, 0.4) is 0 Å². The van der Waals surface area contributed by atoms with E-state index in [1.165, 1.54) is 6.07 Å². The lowest BCUT2D eigenvalue weighted by Crippen LogP contribution is -2.03. The summed E-state index contributed by atoms with van der Waals surface area (Å²) in [5.74, 6) is -2.67. The molecule has 0 aliphatic carbocycles. The fraction of sp³-hybridized carbons (Fsp3) is 0. The van der Waals surface area contributed by atoms with E-state index in [1.54, 1.807) is 0 Å². The highest BCUT2D eigenvalue weighted by atomic mass is 16.4. The van der Waals surface area contributed by atoms with Gasteiger partial charge in [0.25, 0.3) is 0 Å². The van der Waals surface area contributed by atoms with Crippen LogP contribution in [0.4, 0.5) is 0 Å². The van der Waals surface area contributed by atoms with Crippen molar-refractivity contribution in [3.05, 3.63) is 40.6 Å². The van der Waals surface area contributed by atoms with Crippen molar-refractivity contribution in [2.45, 2.75) is 0 Å². The topological polar surface area (TPSA) is 131 Å². The Bertz CT molecular complexity index is 956. The van der Waals surface area contributed by atoms with Crippen LogP contribution in [-0.2, 0) is 0 Å². The zero-order chi connectivity index (χ0) is 16.0. The van der Waals surface area contributed by atoms with Crippen LogP contribution in [0.5, 0.6) is 28.7 Å². The second-order valence-corrected chi connectivity index (χ2v) is 4.65. The largest absolute Gasteiger partial charge is 0.508 e. The van der Waals surface area contributed by atoms with Crippen LogP contribution in [0.25, 0.3) is 22.3 Å². The van der Waals surface area contributed by atoms with Gasteiger partial charge in [-0.2, -0.15) is 0 Å². The maximum absolute atomic E-state index is 12.2. The summed E-state index contributed by atoms with van der Waals surface area (Å²) in [6.07, 6.45) is 0. The van der Waals surface area contributed by atoms with E-state index in [-0.39, 0.29) is 33.8 Å². The Hall–Kier alpha value is -3.35. The molecule has 0 saturated heterocycles. The maximum Gasteiger partial charge on any atom is 0.238 e. The Balaban J connectivity index is 2.44. The normalized spacial score (nSPS) is 10.9. The number of phenols is 4. The summed E-state index contributed by atoms with van der Waals surface area (Å²) in [4.78, 5) is 12.2. The Morgan fingerprint density at radius 3 is 2.27 bits per heavy atom. The van der Waals surface area contributed by atoms with Gasteiger partial charge < -0.3 is 29.9 Å². The van der Waals surface area contributed by atoms with Gasteiger partial charge in [-0.1, -0.05) is 0 Å². The van der Waals surface area contributed by atoms with E-state index >= 15 is 0 Å². The van der Waals surface area contributed by atoms with Crippen LogP contribution in [0.15, 0.2) is 39.5 Å². The summed E-state index contributed by atoms with van der Waals surface area (Å²) in [5, 5.41) is 48.1. The molecule has 0 aliphatic heterocycles. The van der Waals surface area contributed by atoms with E-state index < -0.39 is 22.7 Å². The number of aromatic hydroxyl groups is 5. The molecular formula is C15H10O7. The molecule has 0 spiro atoms. The number of hydrogen-bond acceptors (Lipinski definition) is 7. The Morgan fingerprint density at radius 2 is 1.55 bits per heavy atom. The van der Waals surface area contributed by atoms with Crippen LogP contribution >= 0.6 is 0 Å². The lowest BCUT2D eigenvalue weighted by Gasteiger charge is -2.09. The van der Waals surface area contributed by atoms with E-state index in [1.807, 2.05) is 0 Å². The molecule has 3 aromatic rings. The molecule has 0 saturated carbocycles. The Morgan fingerprint density at radius 1 is 0.818 bits per heavy atom. The first-order valence-electron chi connectivity index (χ1n) is 6.12. The third-order valence-electron chi connectivity index (χ3n) is 3.16. The molecule has 0 radical (unpaired) electrons. The van der Waals surface area contributed by atoms with Crippen molar-refractivity contribution in [1.29, 1.82) is 0 Å². The van der Waals surface area contributed by atoms with Crippen molar-refractivity contribution >= 4 is 11.0 Å². The zero-order valence-electron chi connectivity index (χ0n) is 10.9. The van der Waals surface area contributed by atoms with Gasteiger partial charge in [-0.25, -0.2) is 0 Å². The van der Waals surface area contributed by atoms with E-state index in [9.17, 15) is 30.3 Å². The van der Waals surface area contributed by atoms with E-state index in [2.05, 4.69) is 0 Å². The first kappa shape index (κ1) is 13.6. The number of hydrogen-bond donors (Lipinski definition) is 5. The van der Waals surface area contributed by atoms with Gasteiger partial charge in [0.15, 0.2) is 5.76 Å². The molecule has 0 fully saturated rings. The fourth-order valence-corrected chi connectivity index (χ4v) is 2.16. The van der Waals surface area contributed by atoms with Crippen LogP contribution in [0, 0.1) is 0 Å². The molecule has 22 heavy (non-hydrogen) atoms. The van der Waals surface area contributed by atoms with Crippen LogP contribution in [-0.4, -0.2) is 25.5 Å². The molecule has 0 amide bonds. The van der Waals surface area contributed by atoms with Gasteiger partial charge in [0.2, 0.25) is 11.2 Å². The molecule has 1 aromatic heterocycles. The van der Waals surface area contributed by atoms with E-state index in [0.717, 1.165) is 24.3 Å². The van der Waals surface area contributed by atoms with Crippen molar-refractivity contribution in [2.24, 2.45) is 0 Å². The predicted octanol–water partition coefficient (Wildman–Crippen LogP) is 1.99. The van der Waals surface area contributed by atoms with Crippen LogP contribution in [0.1, 0.15) is 0 Å². The van der Waals surface area contributed by atoms with E-state index in [0.29, 0.717) is 0 Å². The molecule has 2 aromatic carbocycles. The number of benzene rings is 2. The summed E-state index contributed by atoms with van der Waals surface area (Å²) in [7, 11) is 0. The van der Waals surface area contributed by atoms with Gasteiger partial charge in [0.1, 0.15) is 34.0 Å². The minimum absolute atomic E-state index is 0.112. The van der Waals surface area contributed by atoms with Crippen molar-refractivity contribution in [3.63, 3.8) is 0 Å². The molecule has 1 heterocycles. The van der Waals surface area contributed by atoms with Crippen LogP contribution < -0.4 is 5.43 Å². The van der Waals surface area contributed by atoms with Crippen molar-refractivity contribution in [1.82, 2.24) is 0 Å². The van der Waals surface area contributed by atoms with Gasteiger partial charge in [0.05, 0.1) is 5.56 Å². The molecule has 112 valence electrons. The summed E-state index contributed by atoms with van der Waals surface area (Å²) >= 11 is 0. The van der Waals surface area contributed by atoms with Gasteiger partial charge >= 0.3 is 0 Å². The average molecular weight is 302 g/mol. The lowest BCUT2D eigenvalue weighted by molar-refractivity contribution is 0.434. The lowest BCUT2D eigenvalue weighted by atomic mass is 10.1. The molecule has 0 unspecified atom stereocenters. The zero-order valence-corrected chi connectivity index (χ0v) is 10.9. The van der Waals surface area contributed by atoms with Gasteiger partial charge in [-0.15, -0.1) is 0 Å². The Kier molecular flexibility index (Phi) is 2.84. The van der Waals surface area contributed by atoms with Crippen molar-refractivity contribution in [2.75, 3.05) is 0 Å². The van der Waals surface area contributed by atoms with Gasteiger partial charge in [0, 0.05) is 12.1 Å². The first-order valence-corrected chi connectivity index (χ1v) is 6.12. The number of phenolic OH excluding ortho intramolecular Hbond substituents is 4. The van der Waals surface area contributed by atoms with Gasteiger partial charge in [-0.3, -0.25) is 4.79 Å². The summed E-state index contributed by atoms with van der Waals surface area (Å²) < 4.78 is 5.32. The molecule has 3 rings (SSSR count). The third kappa shape index (κ3) is 1.96. The van der Waals surface area contributed by atoms with Crippen molar-refractivity contribution < 1.29 is 29.9 Å². The molecule has 7 nitrogen and oxygen atoms in total. The smallest absolute Gasteiger partial charge is 0.238 e. The minimum atomic E-state index is -0.934. The van der Waals surface area contributed by atoms with Gasteiger partial charge in [-0.05, 0) is 18.2 Å². The molecular weight excluding hydrogens is 292 g/mol. The SMILES string of the molecule is O=c1c(O)c(-c2cc(O)ccc2O)oc2cc(O)cc(O)c12. The number of fused-ring (bicyclic) bond motifs is 1. The molecule has 0 aliphatic rings. The summed E-state index contributed by atoms with van der Waals surface area (Å²) in [6, 6.07) is 5.49. The number of rotatable bonds is 1. The quantitative estimate of drug-likeness (QED) is 0.434. The fourth-order valence-electron chi connectivity index (χ4n) is 2.16. The summed E-state index contributed by atoms with van der Waals surface area (Å²) in [5.41, 5.74) is -1.23. The maximum atomic E-state index is 12.2. The molecule has 0 atom stereocenters. The predicted molar refractivity (Wildman–Crippen MR) is 76.2 cm³/mol. The highest BCUT2D eigenvalue weighted by molar-refractivity contribution is 5.88. The van der Waals surface area contributed by atoms with E-state index in [4.69, 9.17) is 4.42 Å². The Labute approximate surface area is 122 Å². The van der Waals surface area contributed by atoms with Crippen LogP contribution in [0.2, 0.25) is 0 Å². The first-order chi connectivity index (χ1) is 10.4. The highest BCUT2D eigenvalue weighted by Gasteiger charge is 2.20. The third-order valence-corrected chi connectivity index (χ3v) is 3.16. The highest BCUT2D eigenvalue weighted by Crippen LogP contribution is 2.39. The standard InChI is InChI=1S/C15H10O7/c16-6-1-2-9(18)8(3-6)15-14(21)13(20)12-10(19)4-7(17)5-11(12)22-15/h1-5,16-19,21H. The second-order valence-electron chi connectivity index (χ2n) is 4.65. The molecule has 0 bridgehead atoms. The monoisotopic (exact) mass is 302 g/mol. The summed E-state index contributed by atoms with van der Waals surface area (Å²) in [6.45, 7) is 0. The second kappa shape index (κ2) is 4.59. The van der Waals surface area contributed by atoms with Crippen molar-refractivity contribution in [3.8, 4) is 40.1 Å². The average Bonchev–Trinajstić information content (AvgIpc) is 2.45. The molecule has 7 heteroatoms. The minimum Gasteiger partial charge on any atom is -0.508 e.